The second-order valence-corrected chi connectivity index (χ2v) is 4.93. The maximum absolute atomic E-state index is 5.24. The lowest BCUT2D eigenvalue weighted by Crippen LogP contribution is -2.10. The van der Waals surface area contributed by atoms with Gasteiger partial charge < -0.3 is 5.32 Å². The van der Waals surface area contributed by atoms with Crippen molar-refractivity contribution in [2.75, 3.05) is 10.7 Å². The Morgan fingerprint density at radius 2 is 2.00 bits per heavy atom. The van der Waals surface area contributed by atoms with Gasteiger partial charge in [0, 0.05) is 15.1 Å². The number of hydrogen-bond acceptors (Lipinski definition) is 5. The van der Waals surface area contributed by atoms with Gasteiger partial charge in [-0.15, -0.1) is 0 Å². The van der Waals surface area contributed by atoms with Gasteiger partial charge in [-0.3, -0.25) is 5.43 Å². The smallest absolute Gasteiger partial charge is 0.239 e. The van der Waals surface area contributed by atoms with Gasteiger partial charge in [0.05, 0.1) is 5.69 Å². The van der Waals surface area contributed by atoms with Crippen LogP contribution >= 0.6 is 31.9 Å². The van der Waals surface area contributed by atoms with Crippen LogP contribution in [0.25, 0.3) is 0 Å². The third-order valence-corrected chi connectivity index (χ3v) is 3.13. The van der Waals surface area contributed by atoms with E-state index in [0.29, 0.717) is 11.8 Å². The molecule has 2 rings (SSSR count). The molecule has 0 fully saturated rings. The Labute approximate surface area is 115 Å². The summed E-state index contributed by atoms with van der Waals surface area (Å²) in [7, 11) is 0. The molecule has 4 N–H and O–H groups in total. The van der Waals surface area contributed by atoms with Crippen molar-refractivity contribution in [1.29, 1.82) is 0 Å². The number of aromatic nitrogens is 2. The number of nitrogens with zero attached hydrogens (tertiary/aromatic N) is 2. The van der Waals surface area contributed by atoms with Crippen LogP contribution in [0.2, 0.25) is 0 Å². The molecule has 1 heterocycles. The van der Waals surface area contributed by atoms with Crippen LogP contribution in [0.15, 0.2) is 39.4 Å². The topological polar surface area (TPSA) is 75.9 Å². The van der Waals surface area contributed by atoms with Gasteiger partial charge >= 0.3 is 0 Å². The summed E-state index contributed by atoms with van der Waals surface area (Å²) in [6.45, 7) is 0. The van der Waals surface area contributed by atoms with Gasteiger partial charge in [0.2, 0.25) is 5.95 Å². The van der Waals surface area contributed by atoms with Crippen LogP contribution in [-0.4, -0.2) is 9.97 Å². The van der Waals surface area contributed by atoms with Crippen molar-refractivity contribution in [3.8, 4) is 0 Å². The molecule has 0 bridgehead atoms. The van der Waals surface area contributed by atoms with E-state index in [2.05, 4.69) is 52.6 Å². The second kappa shape index (κ2) is 5.44. The van der Waals surface area contributed by atoms with Gasteiger partial charge in [0.15, 0.2) is 0 Å². The average molecular weight is 359 g/mol. The van der Waals surface area contributed by atoms with Crippen molar-refractivity contribution in [3.63, 3.8) is 0 Å². The summed E-state index contributed by atoms with van der Waals surface area (Å²) in [6.07, 6.45) is 1.62. The first kappa shape index (κ1) is 12.3. The number of nitrogen functional groups attached to an aromatic ring is 1. The highest BCUT2D eigenvalue weighted by molar-refractivity contribution is 9.11. The lowest BCUT2D eigenvalue weighted by molar-refractivity contribution is 1.12. The fraction of sp³-hybridized carbons (Fsp3) is 0. The number of nitrogens with one attached hydrogen (secondary N) is 2. The third kappa shape index (κ3) is 3.15. The zero-order valence-electron chi connectivity index (χ0n) is 8.61. The van der Waals surface area contributed by atoms with E-state index in [9.17, 15) is 0 Å². The number of benzene rings is 1. The molecule has 2 aromatic rings. The van der Waals surface area contributed by atoms with Gasteiger partial charge in [-0.1, -0.05) is 15.9 Å². The van der Waals surface area contributed by atoms with Crippen LogP contribution in [0.4, 0.5) is 17.5 Å². The molecule has 0 atom stereocenters. The number of hydrazine groups is 1. The summed E-state index contributed by atoms with van der Waals surface area (Å²) in [5, 5.41) is 3.16. The Kier molecular flexibility index (Phi) is 3.93. The van der Waals surface area contributed by atoms with E-state index in [4.69, 9.17) is 5.84 Å². The van der Waals surface area contributed by atoms with Crippen LogP contribution < -0.4 is 16.6 Å². The number of anilines is 3. The lowest BCUT2D eigenvalue weighted by atomic mass is 10.3. The lowest BCUT2D eigenvalue weighted by Gasteiger charge is -2.08. The second-order valence-electron chi connectivity index (χ2n) is 3.16. The van der Waals surface area contributed by atoms with Crippen molar-refractivity contribution < 1.29 is 0 Å². The number of rotatable bonds is 3. The molecule has 0 saturated carbocycles. The van der Waals surface area contributed by atoms with E-state index in [1.165, 1.54) is 0 Å². The van der Waals surface area contributed by atoms with Gasteiger partial charge in [-0.25, -0.2) is 10.8 Å². The van der Waals surface area contributed by atoms with E-state index >= 15 is 0 Å². The molecule has 5 nitrogen and oxygen atoms in total. The number of hydrogen-bond donors (Lipinski definition) is 3. The zero-order chi connectivity index (χ0) is 12.3. The molecule has 0 spiro atoms. The fourth-order valence-corrected chi connectivity index (χ4v) is 2.37. The zero-order valence-corrected chi connectivity index (χ0v) is 11.8. The molecule has 0 saturated heterocycles. The molecule has 0 aliphatic heterocycles. The molecule has 1 aromatic carbocycles. The summed E-state index contributed by atoms with van der Waals surface area (Å²) in [5.41, 5.74) is 3.31. The van der Waals surface area contributed by atoms with E-state index in [1.807, 2.05) is 18.2 Å². The first-order chi connectivity index (χ1) is 8.19. The van der Waals surface area contributed by atoms with Gasteiger partial charge in [0.1, 0.15) is 5.82 Å². The van der Waals surface area contributed by atoms with E-state index < -0.39 is 0 Å². The summed E-state index contributed by atoms with van der Waals surface area (Å²) >= 11 is 6.86. The normalized spacial score (nSPS) is 10.1. The van der Waals surface area contributed by atoms with Gasteiger partial charge in [0.25, 0.3) is 0 Å². The first-order valence-corrected chi connectivity index (χ1v) is 6.29. The molecule has 0 aliphatic rings. The number of halogens is 2. The molecule has 0 amide bonds. The molecule has 0 radical (unpaired) electrons. The minimum atomic E-state index is 0.364. The van der Waals surface area contributed by atoms with E-state index in [0.717, 1.165) is 14.6 Å². The Balaban J connectivity index is 2.25. The standard InChI is InChI=1S/C10H9Br2N5/c11-6-1-2-8(7(12)5-6)15-9-3-4-14-10(16-9)17-13/h1-5H,13H2,(H2,14,15,16,17). The summed E-state index contributed by atoms with van der Waals surface area (Å²) in [4.78, 5) is 8.09. The van der Waals surface area contributed by atoms with Crippen LogP contribution in [0.1, 0.15) is 0 Å². The maximum atomic E-state index is 5.24. The first-order valence-electron chi connectivity index (χ1n) is 4.71. The van der Waals surface area contributed by atoms with Gasteiger partial charge in [-0.2, -0.15) is 4.98 Å². The summed E-state index contributed by atoms with van der Waals surface area (Å²) in [6, 6.07) is 7.59. The molecule has 7 heteroatoms. The Morgan fingerprint density at radius 1 is 1.18 bits per heavy atom. The Morgan fingerprint density at radius 3 is 2.71 bits per heavy atom. The quantitative estimate of drug-likeness (QED) is 0.580. The Bertz CT molecular complexity index is 532. The molecule has 17 heavy (non-hydrogen) atoms. The molecule has 1 aromatic heterocycles. The maximum Gasteiger partial charge on any atom is 0.239 e. The van der Waals surface area contributed by atoms with E-state index in [1.54, 1.807) is 12.3 Å². The van der Waals surface area contributed by atoms with Crippen LogP contribution in [0, 0.1) is 0 Å². The monoisotopic (exact) mass is 357 g/mol. The minimum absolute atomic E-state index is 0.364. The molecule has 0 unspecified atom stereocenters. The summed E-state index contributed by atoms with van der Waals surface area (Å²) in [5.74, 6) is 6.27. The highest BCUT2D eigenvalue weighted by atomic mass is 79.9. The summed E-state index contributed by atoms with van der Waals surface area (Å²) < 4.78 is 1.94. The molecular weight excluding hydrogens is 350 g/mol. The van der Waals surface area contributed by atoms with Crippen molar-refractivity contribution >= 4 is 49.3 Å². The van der Waals surface area contributed by atoms with E-state index in [-0.39, 0.29) is 0 Å². The van der Waals surface area contributed by atoms with Crippen LogP contribution in [0.5, 0.6) is 0 Å². The largest absolute Gasteiger partial charge is 0.339 e. The van der Waals surface area contributed by atoms with Crippen molar-refractivity contribution in [2.24, 2.45) is 5.84 Å². The van der Waals surface area contributed by atoms with Crippen molar-refractivity contribution in [3.05, 3.63) is 39.4 Å². The predicted octanol–water partition coefficient (Wildman–Crippen LogP) is 3.03. The van der Waals surface area contributed by atoms with Crippen molar-refractivity contribution in [1.82, 2.24) is 9.97 Å². The minimum Gasteiger partial charge on any atom is -0.339 e. The molecular formula is C10H9Br2N5. The highest BCUT2D eigenvalue weighted by Gasteiger charge is 2.02. The fourth-order valence-electron chi connectivity index (χ4n) is 1.23. The van der Waals surface area contributed by atoms with Crippen LogP contribution in [0.3, 0.4) is 0 Å². The molecule has 0 aliphatic carbocycles. The van der Waals surface area contributed by atoms with Gasteiger partial charge in [-0.05, 0) is 40.2 Å². The SMILES string of the molecule is NNc1nccc(Nc2ccc(Br)cc2Br)n1. The van der Waals surface area contributed by atoms with Crippen molar-refractivity contribution in [2.45, 2.75) is 0 Å². The highest BCUT2D eigenvalue weighted by Crippen LogP contribution is 2.28. The number of nitrogens with two attached hydrogens (primary N) is 1. The average Bonchev–Trinajstić information content (AvgIpc) is 2.33. The molecule has 88 valence electrons. The third-order valence-electron chi connectivity index (χ3n) is 1.98. The Hall–Kier alpha value is -1.18. The predicted molar refractivity (Wildman–Crippen MR) is 75.0 cm³/mol. The van der Waals surface area contributed by atoms with Crippen LogP contribution in [-0.2, 0) is 0 Å².